The summed E-state index contributed by atoms with van der Waals surface area (Å²) in [5, 5.41) is 9.03. The number of primary amides is 1. The molecular weight excluding hydrogens is 409 g/mol. The number of nitriles is 1. The number of amides is 2. The molecule has 2 fully saturated rings. The third-order valence-corrected chi connectivity index (χ3v) is 6.36. The van der Waals surface area contributed by atoms with E-state index in [0.29, 0.717) is 45.3 Å². The molecule has 1 spiro atoms. The Balaban J connectivity index is 1.83. The molecule has 0 saturated carbocycles. The van der Waals surface area contributed by atoms with Crippen LogP contribution in [0.25, 0.3) is 0 Å². The molecule has 6 nitrogen and oxygen atoms in total. The molecule has 31 heavy (non-hydrogen) atoms. The zero-order valence-corrected chi connectivity index (χ0v) is 17.7. The van der Waals surface area contributed by atoms with E-state index in [-0.39, 0.29) is 22.9 Å². The van der Waals surface area contributed by atoms with Crippen LogP contribution in [-0.4, -0.2) is 42.4 Å². The molecule has 1 unspecified atom stereocenters. The summed E-state index contributed by atoms with van der Waals surface area (Å²) >= 11 is 0. The Kier molecular flexibility index (Phi) is 6.21. The van der Waals surface area contributed by atoms with Gasteiger partial charge in [-0.05, 0) is 48.8 Å². The van der Waals surface area contributed by atoms with Gasteiger partial charge in [0.25, 0.3) is 0 Å². The van der Waals surface area contributed by atoms with E-state index in [0.717, 1.165) is 12.1 Å². The molecule has 0 radical (unpaired) electrons. The van der Waals surface area contributed by atoms with Crippen LogP contribution in [0.1, 0.15) is 50.7 Å². The van der Waals surface area contributed by atoms with Gasteiger partial charge in [0, 0.05) is 31.7 Å². The summed E-state index contributed by atoms with van der Waals surface area (Å²) in [6.07, 6.45) is -2.42. The number of likely N-dealkylation sites (tertiary alicyclic amines) is 1. The number of anilines is 1. The lowest BCUT2D eigenvalue weighted by Crippen LogP contribution is -2.44. The van der Waals surface area contributed by atoms with Crippen LogP contribution in [0.4, 0.5) is 18.9 Å². The highest BCUT2D eigenvalue weighted by Crippen LogP contribution is 2.46. The van der Waals surface area contributed by atoms with Crippen molar-refractivity contribution in [1.29, 1.82) is 5.26 Å². The smallest absolute Gasteiger partial charge is 0.368 e. The zero-order chi connectivity index (χ0) is 23.0. The minimum absolute atomic E-state index is 0.105. The first-order valence-electron chi connectivity index (χ1n) is 10.4. The van der Waals surface area contributed by atoms with Crippen molar-refractivity contribution in [1.82, 2.24) is 4.90 Å². The van der Waals surface area contributed by atoms with Crippen molar-refractivity contribution in [3.05, 3.63) is 29.3 Å². The molecule has 2 aliphatic rings. The second-order valence-electron chi connectivity index (χ2n) is 9.07. The van der Waals surface area contributed by atoms with Crippen LogP contribution in [0, 0.1) is 22.7 Å². The summed E-state index contributed by atoms with van der Waals surface area (Å²) in [5.74, 6) is -0.218. The lowest BCUT2D eigenvalue weighted by Gasteiger charge is -2.39. The minimum Gasteiger partial charge on any atom is -0.368 e. The fourth-order valence-electron chi connectivity index (χ4n) is 4.70. The number of hydrogen-bond donors (Lipinski definition) is 1. The molecule has 0 bridgehead atoms. The third kappa shape index (κ3) is 4.78. The molecule has 1 aromatic carbocycles. The lowest BCUT2D eigenvalue weighted by molar-refractivity contribution is -0.137. The van der Waals surface area contributed by atoms with Crippen LogP contribution in [0.3, 0.4) is 0 Å². The number of nitrogens with zero attached hydrogens (tertiary/aromatic N) is 3. The molecule has 0 aliphatic carbocycles. The third-order valence-electron chi connectivity index (χ3n) is 6.36. The van der Waals surface area contributed by atoms with E-state index in [2.05, 4.69) is 0 Å². The second kappa shape index (κ2) is 8.40. The van der Waals surface area contributed by atoms with Gasteiger partial charge in [-0.3, -0.25) is 9.59 Å². The van der Waals surface area contributed by atoms with Crippen molar-refractivity contribution in [3.8, 4) is 6.07 Å². The van der Waals surface area contributed by atoms with Crippen LogP contribution in [-0.2, 0) is 15.8 Å². The molecule has 1 atom stereocenters. The molecule has 2 heterocycles. The van der Waals surface area contributed by atoms with E-state index in [4.69, 9.17) is 11.0 Å². The van der Waals surface area contributed by atoms with Crippen molar-refractivity contribution >= 4 is 17.5 Å². The number of alkyl halides is 3. The van der Waals surface area contributed by atoms with Gasteiger partial charge in [-0.25, -0.2) is 0 Å². The van der Waals surface area contributed by atoms with Crippen LogP contribution >= 0.6 is 0 Å². The van der Waals surface area contributed by atoms with E-state index >= 15 is 0 Å². The summed E-state index contributed by atoms with van der Waals surface area (Å²) in [6, 6.07) is 4.34. The molecule has 2 N–H and O–H groups in total. The van der Waals surface area contributed by atoms with Crippen LogP contribution in [0.15, 0.2) is 18.2 Å². The molecule has 168 valence electrons. The van der Waals surface area contributed by atoms with E-state index in [9.17, 15) is 22.8 Å². The van der Waals surface area contributed by atoms with Gasteiger partial charge in [0.2, 0.25) is 11.8 Å². The van der Waals surface area contributed by atoms with Crippen molar-refractivity contribution in [3.63, 3.8) is 0 Å². The van der Waals surface area contributed by atoms with E-state index < -0.39 is 29.3 Å². The number of carbonyl (C=O) groups excluding carboxylic acids is 2. The standard InChI is InChI=1S/C22H27F3N4O2/c1-14(2)9-19(30)28-7-5-21(6-8-28)11-18(20(27)31)29(13-21)16-4-3-15(12-26)17(10-16)22(23,24)25/h3-4,10,14,18H,5-9,11,13H2,1-2H3,(H2,27,31). The van der Waals surface area contributed by atoms with Gasteiger partial charge >= 0.3 is 6.18 Å². The van der Waals surface area contributed by atoms with Crippen LogP contribution < -0.4 is 10.6 Å². The Bertz CT molecular complexity index is 899. The van der Waals surface area contributed by atoms with Crippen LogP contribution in [0.2, 0.25) is 0 Å². The average molecular weight is 436 g/mol. The molecular formula is C22H27F3N4O2. The van der Waals surface area contributed by atoms with E-state index in [1.165, 1.54) is 6.07 Å². The number of halogens is 3. The molecule has 1 aromatic rings. The van der Waals surface area contributed by atoms with Gasteiger partial charge in [-0.1, -0.05) is 13.8 Å². The maximum atomic E-state index is 13.4. The molecule has 2 saturated heterocycles. The molecule has 2 amide bonds. The number of benzene rings is 1. The predicted octanol–water partition coefficient (Wildman–Crippen LogP) is 3.30. The number of nitrogens with two attached hydrogens (primary N) is 1. The quantitative estimate of drug-likeness (QED) is 0.784. The predicted molar refractivity (Wildman–Crippen MR) is 109 cm³/mol. The van der Waals surface area contributed by atoms with Crippen molar-refractivity contribution < 1.29 is 22.8 Å². The minimum atomic E-state index is -4.68. The van der Waals surface area contributed by atoms with Gasteiger partial charge in [0.05, 0.1) is 17.2 Å². The first-order chi connectivity index (χ1) is 14.5. The first-order valence-corrected chi connectivity index (χ1v) is 10.4. The van der Waals surface area contributed by atoms with E-state index in [1.54, 1.807) is 11.0 Å². The van der Waals surface area contributed by atoms with Gasteiger partial charge in [-0.2, -0.15) is 18.4 Å². The molecule has 0 aromatic heterocycles. The Morgan fingerprint density at radius 1 is 1.29 bits per heavy atom. The topological polar surface area (TPSA) is 90.4 Å². The van der Waals surface area contributed by atoms with Crippen molar-refractivity contribution in [2.45, 2.75) is 51.7 Å². The van der Waals surface area contributed by atoms with Gasteiger partial charge in [0.1, 0.15) is 6.04 Å². The molecule has 2 aliphatic heterocycles. The highest BCUT2D eigenvalue weighted by Gasteiger charge is 2.48. The summed E-state index contributed by atoms with van der Waals surface area (Å²) in [4.78, 5) is 28.0. The zero-order valence-electron chi connectivity index (χ0n) is 17.7. The van der Waals surface area contributed by atoms with Gasteiger partial charge < -0.3 is 15.5 Å². The number of hydrogen-bond acceptors (Lipinski definition) is 4. The van der Waals surface area contributed by atoms with Crippen molar-refractivity contribution in [2.24, 2.45) is 17.1 Å². The lowest BCUT2D eigenvalue weighted by atomic mass is 9.76. The normalized spacial score (nSPS) is 20.9. The Morgan fingerprint density at radius 3 is 2.45 bits per heavy atom. The highest BCUT2D eigenvalue weighted by atomic mass is 19.4. The largest absolute Gasteiger partial charge is 0.417 e. The van der Waals surface area contributed by atoms with Gasteiger partial charge in [-0.15, -0.1) is 0 Å². The monoisotopic (exact) mass is 436 g/mol. The maximum Gasteiger partial charge on any atom is 0.417 e. The maximum absolute atomic E-state index is 13.4. The Labute approximate surface area is 179 Å². The summed E-state index contributed by atoms with van der Waals surface area (Å²) < 4.78 is 40.2. The van der Waals surface area contributed by atoms with Crippen LogP contribution in [0.5, 0.6) is 0 Å². The van der Waals surface area contributed by atoms with E-state index in [1.807, 2.05) is 18.7 Å². The summed E-state index contributed by atoms with van der Waals surface area (Å²) in [5.41, 5.74) is 4.06. The SMILES string of the molecule is CC(C)CC(=O)N1CCC2(CC1)CC(C(N)=O)N(c1ccc(C#N)c(C(F)(F)F)c1)C2. The Morgan fingerprint density at radius 2 is 1.94 bits per heavy atom. The molecule has 9 heteroatoms. The van der Waals surface area contributed by atoms with Crippen molar-refractivity contribution in [2.75, 3.05) is 24.5 Å². The summed E-state index contributed by atoms with van der Waals surface area (Å²) in [6.45, 7) is 5.49. The number of carbonyl (C=O) groups is 2. The molecule has 3 rings (SSSR count). The van der Waals surface area contributed by atoms with Gasteiger partial charge in [0.15, 0.2) is 0 Å². The first kappa shape index (κ1) is 22.9. The fraction of sp³-hybridized carbons (Fsp3) is 0.591. The Hall–Kier alpha value is -2.76. The average Bonchev–Trinajstić information content (AvgIpc) is 3.06. The number of rotatable bonds is 4. The highest BCUT2D eigenvalue weighted by molar-refractivity contribution is 5.85. The fourth-order valence-corrected chi connectivity index (χ4v) is 4.70. The summed E-state index contributed by atoms with van der Waals surface area (Å²) in [7, 11) is 0. The number of piperidine rings is 1. The second-order valence-corrected chi connectivity index (χ2v) is 9.07.